The Bertz CT molecular complexity index is 329. The highest BCUT2D eigenvalue weighted by Crippen LogP contribution is 2.29. The maximum absolute atomic E-state index is 10.8. The van der Waals surface area contributed by atoms with E-state index in [2.05, 4.69) is 15.9 Å². The Kier molecular flexibility index (Phi) is 2.91. The molecule has 0 unspecified atom stereocenters. The molecule has 13 heavy (non-hydrogen) atoms. The Labute approximate surface area is 87.3 Å². The molecule has 0 fully saturated rings. The van der Waals surface area contributed by atoms with Crippen molar-refractivity contribution in [3.05, 3.63) is 33.8 Å². The first kappa shape index (κ1) is 10.5. The van der Waals surface area contributed by atoms with E-state index in [9.17, 15) is 4.79 Å². The Balaban J connectivity index is 3.23. The molecule has 0 spiro atoms. The van der Waals surface area contributed by atoms with Crippen molar-refractivity contribution in [3.63, 3.8) is 0 Å². The molecule has 1 aromatic carbocycles. The lowest BCUT2D eigenvalue weighted by Gasteiger charge is -2.19. The fourth-order valence-electron chi connectivity index (χ4n) is 1.21. The van der Waals surface area contributed by atoms with Gasteiger partial charge < -0.3 is 4.79 Å². The molecule has 0 amide bonds. The van der Waals surface area contributed by atoms with Crippen molar-refractivity contribution >= 4 is 22.2 Å². The zero-order valence-electron chi connectivity index (χ0n) is 8.10. The van der Waals surface area contributed by atoms with Gasteiger partial charge in [-0.2, -0.15) is 0 Å². The van der Waals surface area contributed by atoms with Crippen molar-refractivity contribution in [2.45, 2.75) is 26.2 Å². The van der Waals surface area contributed by atoms with Gasteiger partial charge in [0.05, 0.1) is 0 Å². The van der Waals surface area contributed by atoms with Crippen LogP contribution >= 0.6 is 15.9 Å². The van der Waals surface area contributed by atoms with Crippen molar-refractivity contribution in [2.24, 2.45) is 0 Å². The molecule has 0 aromatic heterocycles. The van der Waals surface area contributed by atoms with Crippen molar-refractivity contribution in [3.8, 4) is 0 Å². The zero-order valence-corrected chi connectivity index (χ0v) is 9.68. The summed E-state index contributed by atoms with van der Waals surface area (Å²) in [6.45, 7) is 5.85. The van der Waals surface area contributed by atoms with E-state index in [0.717, 1.165) is 16.3 Å². The maximum atomic E-state index is 10.8. The number of benzene rings is 1. The lowest BCUT2D eigenvalue weighted by Crippen LogP contribution is -2.19. The molecular formula is C11H13BrO. The van der Waals surface area contributed by atoms with E-state index in [0.29, 0.717) is 0 Å². The second kappa shape index (κ2) is 3.62. The van der Waals surface area contributed by atoms with Gasteiger partial charge in [-0.25, -0.2) is 0 Å². The van der Waals surface area contributed by atoms with E-state index in [4.69, 9.17) is 0 Å². The number of hydrogen-bond acceptors (Lipinski definition) is 1. The molecule has 0 heterocycles. The first-order chi connectivity index (χ1) is 5.97. The number of carbonyl (C=O) groups excluding carboxylic acids is 1. The minimum atomic E-state index is -0.410. The third kappa shape index (κ3) is 2.19. The standard InChI is InChI=1S/C11H13BrO/c1-8-4-5-9(10(12)6-8)11(2,3)7-13/h4-7H,1-3H3. The van der Waals surface area contributed by atoms with E-state index in [-0.39, 0.29) is 0 Å². The van der Waals surface area contributed by atoms with Crippen molar-refractivity contribution in [1.29, 1.82) is 0 Å². The van der Waals surface area contributed by atoms with Crippen LogP contribution in [0.5, 0.6) is 0 Å². The highest BCUT2D eigenvalue weighted by Gasteiger charge is 2.21. The first-order valence-electron chi connectivity index (χ1n) is 4.20. The third-order valence-electron chi connectivity index (χ3n) is 2.11. The monoisotopic (exact) mass is 240 g/mol. The van der Waals surface area contributed by atoms with Crippen LogP contribution in [-0.4, -0.2) is 6.29 Å². The van der Waals surface area contributed by atoms with Crippen molar-refractivity contribution in [1.82, 2.24) is 0 Å². The van der Waals surface area contributed by atoms with Crippen LogP contribution in [0.25, 0.3) is 0 Å². The molecule has 0 radical (unpaired) electrons. The molecule has 0 aliphatic rings. The molecule has 1 aromatic rings. The number of halogens is 1. The lowest BCUT2D eigenvalue weighted by molar-refractivity contribution is -0.111. The first-order valence-corrected chi connectivity index (χ1v) is 4.99. The fourth-order valence-corrected chi connectivity index (χ4v) is 2.21. The van der Waals surface area contributed by atoms with Crippen LogP contribution in [0.2, 0.25) is 0 Å². The van der Waals surface area contributed by atoms with Gasteiger partial charge in [0.2, 0.25) is 0 Å². The summed E-state index contributed by atoms with van der Waals surface area (Å²) in [4.78, 5) is 10.8. The topological polar surface area (TPSA) is 17.1 Å². The van der Waals surface area contributed by atoms with Gasteiger partial charge in [0.15, 0.2) is 0 Å². The Morgan fingerprint density at radius 1 is 1.38 bits per heavy atom. The average molecular weight is 241 g/mol. The molecule has 0 saturated heterocycles. The molecule has 0 atom stereocenters. The number of aldehydes is 1. The van der Waals surface area contributed by atoms with Crippen LogP contribution in [0.4, 0.5) is 0 Å². The molecule has 0 aliphatic carbocycles. The lowest BCUT2D eigenvalue weighted by atomic mass is 9.86. The minimum Gasteiger partial charge on any atom is -0.302 e. The second-order valence-corrected chi connectivity index (χ2v) is 4.68. The van der Waals surface area contributed by atoms with Gasteiger partial charge in [-0.05, 0) is 38.0 Å². The van der Waals surface area contributed by atoms with E-state index in [1.54, 1.807) is 0 Å². The van der Waals surface area contributed by atoms with Crippen LogP contribution in [-0.2, 0) is 10.2 Å². The van der Waals surface area contributed by atoms with E-state index in [1.165, 1.54) is 5.56 Å². The zero-order chi connectivity index (χ0) is 10.1. The SMILES string of the molecule is Cc1ccc(C(C)(C)C=O)c(Br)c1. The molecule has 1 nitrogen and oxygen atoms in total. The largest absolute Gasteiger partial charge is 0.302 e. The summed E-state index contributed by atoms with van der Waals surface area (Å²) in [7, 11) is 0. The summed E-state index contributed by atoms with van der Waals surface area (Å²) in [6.07, 6.45) is 0.975. The van der Waals surface area contributed by atoms with Gasteiger partial charge in [0, 0.05) is 9.89 Å². The summed E-state index contributed by atoms with van der Waals surface area (Å²) >= 11 is 3.46. The van der Waals surface area contributed by atoms with Gasteiger partial charge in [-0.15, -0.1) is 0 Å². The smallest absolute Gasteiger partial charge is 0.130 e. The molecule has 0 saturated carbocycles. The van der Waals surface area contributed by atoms with Crippen LogP contribution < -0.4 is 0 Å². The van der Waals surface area contributed by atoms with Gasteiger partial charge in [0.25, 0.3) is 0 Å². The number of hydrogen-bond donors (Lipinski definition) is 0. The van der Waals surface area contributed by atoms with Crippen LogP contribution in [0.15, 0.2) is 22.7 Å². The summed E-state index contributed by atoms with van der Waals surface area (Å²) < 4.78 is 1.00. The maximum Gasteiger partial charge on any atom is 0.130 e. The van der Waals surface area contributed by atoms with Gasteiger partial charge in [-0.3, -0.25) is 0 Å². The van der Waals surface area contributed by atoms with Crippen LogP contribution in [0.3, 0.4) is 0 Å². The van der Waals surface area contributed by atoms with E-state index < -0.39 is 5.41 Å². The van der Waals surface area contributed by atoms with Gasteiger partial charge in [0.1, 0.15) is 6.29 Å². The summed E-state index contributed by atoms with van der Waals surface area (Å²) in [5.74, 6) is 0. The second-order valence-electron chi connectivity index (χ2n) is 3.82. The fraction of sp³-hybridized carbons (Fsp3) is 0.364. The normalized spacial score (nSPS) is 11.4. The van der Waals surface area contributed by atoms with Crippen molar-refractivity contribution < 1.29 is 4.79 Å². The third-order valence-corrected chi connectivity index (χ3v) is 2.77. The Morgan fingerprint density at radius 2 is 2.00 bits per heavy atom. The quantitative estimate of drug-likeness (QED) is 0.726. The Morgan fingerprint density at radius 3 is 2.46 bits per heavy atom. The van der Waals surface area contributed by atoms with Crippen molar-refractivity contribution in [2.75, 3.05) is 0 Å². The molecule has 2 heteroatoms. The summed E-state index contributed by atoms with van der Waals surface area (Å²) in [5.41, 5.74) is 1.82. The summed E-state index contributed by atoms with van der Waals surface area (Å²) in [5, 5.41) is 0. The highest BCUT2D eigenvalue weighted by molar-refractivity contribution is 9.10. The predicted octanol–water partition coefficient (Wildman–Crippen LogP) is 3.23. The molecule has 0 aliphatic heterocycles. The predicted molar refractivity (Wildman–Crippen MR) is 58.0 cm³/mol. The average Bonchev–Trinajstić information content (AvgIpc) is 2.03. The molecule has 1 rings (SSSR count). The minimum absolute atomic E-state index is 0.410. The number of carbonyl (C=O) groups is 1. The van der Waals surface area contributed by atoms with Gasteiger partial charge >= 0.3 is 0 Å². The Hall–Kier alpha value is -0.630. The summed E-state index contributed by atoms with van der Waals surface area (Å²) in [6, 6.07) is 6.04. The molecule has 0 bridgehead atoms. The van der Waals surface area contributed by atoms with E-state index >= 15 is 0 Å². The molecule has 0 N–H and O–H groups in total. The van der Waals surface area contributed by atoms with Crippen LogP contribution in [0.1, 0.15) is 25.0 Å². The van der Waals surface area contributed by atoms with Gasteiger partial charge in [-0.1, -0.05) is 28.1 Å². The number of aryl methyl sites for hydroxylation is 1. The molecular weight excluding hydrogens is 228 g/mol. The van der Waals surface area contributed by atoms with E-state index in [1.807, 2.05) is 39.0 Å². The molecule has 70 valence electrons. The highest BCUT2D eigenvalue weighted by atomic mass is 79.9. The number of rotatable bonds is 2. The van der Waals surface area contributed by atoms with Crippen LogP contribution in [0, 0.1) is 6.92 Å².